The van der Waals surface area contributed by atoms with E-state index in [1.807, 2.05) is 5.38 Å². The smallest absolute Gasteiger partial charge is 0.245 e. The number of carbonyl (C=O) groups excluding carboxylic acids is 2. The third-order valence-corrected chi connectivity index (χ3v) is 2.97. The lowest BCUT2D eigenvalue weighted by molar-refractivity contribution is -0.144. The zero-order chi connectivity index (χ0) is 10.8. The summed E-state index contributed by atoms with van der Waals surface area (Å²) in [5, 5.41) is 5.30. The molecule has 80 valence electrons. The first kappa shape index (κ1) is 10.1. The van der Waals surface area contributed by atoms with Crippen LogP contribution in [0.1, 0.15) is 11.9 Å². The Hall–Kier alpha value is -1.43. The van der Waals surface area contributed by atoms with Gasteiger partial charge in [-0.1, -0.05) is 0 Å². The van der Waals surface area contributed by atoms with Crippen molar-refractivity contribution in [1.82, 2.24) is 15.2 Å². The van der Waals surface area contributed by atoms with Crippen molar-refractivity contribution in [3.8, 4) is 0 Å². The normalized spacial score (nSPS) is 21.7. The SMILES string of the molecule is CC1NC(=O)CN(Cc2nccs2)C1=O. The summed E-state index contributed by atoms with van der Waals surface area (Å²) in [6.07, 6.45) is 1.69. The molecule has 2 rings (SSSR count). The number of hydrogen-bond acceptors (Lipinski definition) is 4. The van der Waals surface area contributed by atoms with Gasteiger partial charge in [-0.2, -0.15) is 0 Å². The molecule has 2 amide bonds. The van der Waals surface area contributed by atoms with Crippen LogP contribution in [-0.4, -0.2) is 34.3 Å². The van der Waals surface area contributed by atoms with E-state index in [1.165, 1.54) is 16.2 Å². The lowest BCUT2D eigenvalue weighted by atomic mass is 10.2. The van der Waals surface area contributed by atoms with E-state index < -0.39 is 6.04 Å². The highest BCUT2D eigenvalue weighted by atomic mass is 32.1. The van der Waals surface area contributed by atoms with Gasteiger partial charge in [0, 0.05) is 11.6 Å². The second kappa shape index (κ2) is 3.98. The maximum absolute atomic E-state index is 11.7. The number of carbonyl (C=O) groups is 2. The fourth-order valence-corrected chi connectivity index (χ4v) is 2.13. The lowest BCUT2D eigenvalue weighted by Crippen LogP contribution is -2.56. The van der Waals surface area contributed by atoms with Gasteiger partial charge in [-0.15, -0.1) is 11.3 Å². The number of rotatable bonds is 2. The van der Waals surface area contributed by atoms with E-state index in [9.17, 15) is 9.59 Å². The number of aromatic nitrogens is 1. The Bertz CT molecular complexity index is 377. The second-order valence-corrected chi connectivity index (χ2v) is 4.39. The first-order valence-corrected chi connectivity index (χ1v) is 5.51. The molecular formula is C9H11N3O2S. The number of nitrogens with zero attached hydrogens (tertiary/aromatic N) is 2. The van der Waals surface area contributed by atoms with E-state index in [4.69, 9.17) is 0 Å². The second-order valence-electron chi connectivity index (χ2n) is 3.41. The van der Waals surface area contributed by atoms with Gasteiger partial charge in [-0.3, -0.25) is 9.59 Å². The van der Waals surface area contributed by atoms with Gasteiger partial charge >= 0.3 is 0 Å². The molecule has 6 heteroatoms. The first-order valence-electron chi connectivity index (χ1n) is 4.63. The molecule has 0 aromatic carbocycles. The first-order chi connectivity index (χ1) is 7.16. The maximum Gasteiger partial charge on any atom is 0.245 e. The molecule has 0 spiro atoms. The van der Waals surface area contributed by atoms with Crippen LogP contribution in [-0.2, 0) is 16.1 Å². The van der Waals surface area contributed by atoms with E-state index in [2.05, 4.69) is 10.3 Å². The van der Waals surface area contributed by atoms with Crippen LogP contribution in [0.25, 0.3) is 0 Å². The van der Waals surface area contributed by atoms with Gasteiger partial charge < -0.3 is 10.2 Å². The van der Waals surface area contributed by atoms with Crippen LogP contribution in [0, 0.1) is 0 Å². The van der Waals surface area contributed by atoms with E-state index >= 15 is 0 Å². The van der Waals surface area contributed by atoms with Crippen LogP contribution in [0.15, 0.2) is 11.6 Å². The quantitative estimate of drug-likeness (QED) is 0.770. The van der Waals surface area contributed by atoms with Gasteiger partial charge in [-0.05, 0) is 6.92 Å². The Kier molecular flexibility index (Phi) is 2.68. The third-order valence-electron chi connectivity index (χ3n) is 2.20. The fourth-order valence-electron chi connectivity index (χ4n) is 1.50. The minimum Gasteiger partial charge on any atom is -0.343 e. The summed E-state index contributed by atoms with van der Waals surface area (Å²) in [5.74, 6) is -0.163. The van der Waals surface area contributed by atoms with Gasteiger partial charge in [-0.25, -0.2) is 4.98 Å². The Morgan fingerprint density at radius 3 is 3.13 bits per heavy atom. The topological polar surface area (TPSA) is 62.3 Å². The number of thiazole rings is 1. The van der Waals surface area contributed by atoms with Crippen LogP contribution >= 0.6 is 11.3 Å². The molecular weight excluding hydrogens is 214 g/mol. The molecule has 0 bridgehead atoms. The molecule has 1 aliphatic heterocycles. The third kappa shape index (κ3) is 2.15. The largest absolute Gasteiger partial charge is 0.343 e. The van der Waals surface area contributed by atoms with E-state index in [0.717, 1.165) is 5.01 Å². The van der Waals surface area contributed by atoms with Crippen molar-refractivity contribution in [3.63, 3.8) is 0 Å². The summed E-state index contributed by atoms with van der Waals surface area (Å²) in [5.41, 5.74) is 0. The van der Waals surface area contributed by atoms with Crippen molar-refractivity contribution in [2.45, 2.75) is 19.5 Å². The molecule has 1 unspecified atom stereocenters. The van der Waals surface area contributed by atoms with Crippen molar-refractivity contribution in [2.24, 2.45) is 0 Å². The monoisotopic (exact) mass is 225 g/mol. The Morgan fingerprint density at radius 2 is 2.47 bits per heavy atom. The molecule has 1 aromatic heterocycles. The zero-order valence-corrected chi connectivity index (χ0v) is 9.08. The molecule has 1 saturated heterocycles. The number of amides is 2. The average Bonchev–Trinajstić information content (AvgIpc) is 2.66. The highest BCUT2D eigenvalue weighted by Gasteiger charge is 2.29. The molecule has 1 aromatic rings. The molecule has 1 fully saturated rings. The average molecular weight is 225 g/mol. The highest BCUT2D eigenvalue weighted by molar-refractivity contribution is 7.09. The molecule has 0 saturated carbocycles. The fraction of sp³-hybridized carbons (Fsp3) is 0.444. The zero-order valence-electron chi connectivity index (χ0n) is 8.27. The summed E-state index contributed by atoms with van der Waals surface area (Å²) in [6.45, 7) is 2.24. The lowest BCUT2D eigenvalue weighted by Gasteiger charge is -2.29. The van der Waals surface area contributed by atoms with Gasteiger partial charge in [0.05, 0.1) is 6.54 Å². The molecule has 1 aliphatic rings. The molecule has 15 heavy (non-hydrogen) atoms. The summed E-state index contributed by atoms with van der Waals surface area (Å²) in [7, 11) is 0. The Morgan fingerprint density at radius 1 is 1.67 bits per heavy atom. The summed E-state index contributed by atoms with van der Waals surface area (Å²) in [4.78, 5) is 28.5. The van der Waals surface area contributed by atoms with Gasteiger partial charge in [0.1, 0.15) is 17.6 Å². The predicted molar refractivity (Wildman–Crippen MR) is 55.1 cm³/mol. The Balaban J connectivity index is 2.07. The minimum absolute atomic E-state index is 0.0511. The van der Waals surface area contributed by atoms with E-state index in [-0.39, 0.29) is 18.4 Å². The van der Waals surface area contributed by atoms with Crippen LogP contribution < -0.4 is 5.32 Å². The minimum atomic E-state index is -0.425. The van der Waals surface area contributed by atoms with Crippen LogP contribution in [0.5, 0.6) is 0 Å². The van der Waals surface area contributed by atoms with Gasteiger partial charge in [0.15, 0.2) is 0 Å². The van der Waals surface area contributed by atoms with Gasteiger partial charge in [0.2, 0.25) is 11.8 Å². The van der Waals surface area contributed by atoms with Crippen LogP contribution in [0.4, 0.5) is 0 Å². The molecule has 5 nitrogen and oxygen atoms in total. The molecule has 1 atom stereocenters. The molecule has 0 radical (unpaired) electrons. The summed E-state index contributed by atoms with van der Waals surface area (Å²) < 4.78 is 0. The summed E-state index contributed by atoms with van der Waals surface area (Å²) >= 11 is 1.48. The standard InChI is InChI=1S/C9H11N3O2S/c1-6-9(14)12(4-7(13)11-6)5-8-10-2-3-15-8/h2-3,6H,4-5H2,1H3,(H,11,13). The molecule has 1 N–H and O–H groups in total. The summed E-state index contributed by atoms with van der Waals surface area (Å²) in [6, 6.07) is -0.425. The number of piperazine rings is 1. The number of hydrogen-bond donors (Lipinski definition) is 1. The van der Waals surface area contributed by atoms with Crippen LogP contribution in [0.3, 0.4) is 0 Å². The van der Waals surface area contributed by atoms with Crippen molar-refractivity contribution in [2.75, 3.05) is 6.54 Å². The predicted octanol–water partition coefficient (Wildman–Crippen LogP) is -0.0100. The van der Waals surface area contributed by atoms with Crippen LogP contribution in [0.2, 0.25) is 0 Å². The van der Waals surface area contributed by atoms with E-state index in [1.54, 1.807) is 13.1 Å². The van der Waals surface area contributed by atoms with E-state index in [0.29, 0.717) is 6.54 Å². The van der Waals surface area contributed by atoms with Crippen molar-refractivity contribution in [3.05, 3.63) is 16.6 Å². The van der Waals surface area contributed by atoms with Crippen molar-refractivity contribution >= 4 is 23.2 Å². The van der Waals surface area contributed by atoms with Crippen molar-refractivity contribution < 1.29 is 9.59 Å². The molecule has 0 aliphatic carbocycles. The molecule has 2 heterocycles. The van der Waals surface area contributed by atoms with Gasteiger partial charge in [0.25, 0.3) is 0 Å². The Labute approximate surface area is 91.1 Å². The highest BCUT2D eigenvalue weighted by Crippen LogP contribution is 2.11. The number of nitrogens with one attached hydrogen (secondary N) is 1. The van der Waals surface area contributed by atoms with Crippen molar-refractivity contribution in [1.29, 1.82) is 0 Å². The maximum atomic E-state index is 11.7.